The average Bonchev–Trinajstić information content (AvgIpc) is 2.53. The number of anilines is 2. The van der Waals surface area contributed by atoms with E-state index in [0.29, 0.717) is 11.3 Å². The fourth-order valence-corrected chi connectivity index (χ4v) is 2.14. The van der Waals surface area contributed by atoms with Crippen LogP contribution in [0.1, 0.15) is 15.9 Å². The number of ether oxygens (including phenoxy) is 1. The third kappa shape index (κ3) is 4.69. The fourth-order valence-electron chi connectivity index (χ4n) is 1.91. The normalized spacial score (nSPS) is 10.8. The average molecular weight is 354 g/mol. The largest absolute Gasteiger partial charge is 0.465 e. The van der Waals surface area contributed by atoms with Crippen LogP contribution in [0.3, 0.4) is 0 Å². The zero-order valence-corrected chi connectivity index (χ0v) is 13.3. The van der Waals surface area contributed by atoms with Crippen molar-refractivity contribution in [3.05, 3.63) is 59.7 Å². The van der Waals surface area contributed by atoms with Crippen LogP contribution in [0.25, 0.3) is 0 Å². The summed E-state index contributed by atoms with van der Waals surface area (Å²) in [7, 11) is 1.27. The van der Waals surface area contributed by atoms with Gasteiger partial charge in [0, 0.05) is 11.4 Å². The molecule has 0 aromatic heterocycles. The van der Waals surface area contributed by atoms with Crippen molar-refractivity contribution < 1.29 is 22.7 Å². The van der Waals surface area contributed by atoms with Crippen molar-refractivity contribution in [1.29, 1.82) is 0 Å². The van der Waals surface area contributed by atoms with Crippen LogP contribution in [0, 0.1) is 0 Å². The number of halogens is 3. The molecule has 0 spiro atoms. The molecular formula is C16H13F3N2O2S. The molecule has 2 N–H and O–H groups in total. The van der Waals surface area contributed by atoms with Crippen molar-refractivity contribution >= 4 is 34.7 Å². The molecule has 0 saturated heterocycles. The van der Waals surface area contributed by atoms with Crippen molar-refractivity contribution in [3.63, 3.8) is 0 Å². The molecule has 2 aromatic rings. The minimum atomic E-state index is -4.43. The molecule has 126 valence electrons. The summed E-state index contributed by atoms with van der Waals surface area (Å²) < 4.78 is 42.7. The van der Waals surface area contributed by atoms with Crippen LogP contribution in [0.5, 0.6) is 0 Å². The molecule has 4 nitrogen and oxygen atoms in total. The van der Waals surface area contributed by atoms with Crippen LogP contribution in [0.2, 0.25) is 0 Å². The number of thiocarbonyl (C=S) groups is 1. The lowest BCUT2D eigenvalue weighted by molar-refractivity contribution is -0.137. The first-order valence-electron chi connectivity index (χ1n) is 6.73. The van der Waals surface area contributed by atoms with E-state index < -0.39 is 17.7 Å². The van der Waals surface area contributed by atoms with Gasteiger partial charge in [-0.15, -0.1) is 0 Å². The predicted molar refractivity (Wildman–Crippen MR) is 89.1 cm³/mol. The number of benzene rings is 2. The fraction of sp³-hybridized carbons (Fsp3) is 0.125. The van der Waals surface area contributed by atoms with Crippen molar-refractivity contribution in [2.45, 2.75) is 6.18 Å². The number of carbonyl (C=O) groups is 1. The molecule has 0 aliphatic heterocycles. The van der Waals surface area contributed by atoms with E-state index in [4.69, 9.17) is 12.2 Å². The van der Waals surface area contributed by atoms with Gasteiger partial charge in [-0.1, -0.05) is 12.1 Å². The van der Waals surface area contributed by atoms with E-state index in [1.807, 2.05) is 0 Å². The smallest absolute Gasteiger partial charge is 0.416 e. The summed E-state index contributed by atoms with van der Waals surface area (Å²) >= 11 is 5.07. The van der Waals surface area contributed by atoms with Gasteiger partial charge in [0.25, 0.3) is 0 Å². The molecule has 0 fully saturated rings. The van der Waals surface area contributed by atoms with E-state index in [1.165, 1.54) is 25.3 Å². The van der Waals surface area contributed by atoms with Gasteiger partial charge in [-0.25, -0.2) is 4.79 Å². The van der Waals surface area contributed by atoms with Gasteiger partial charge in [-0.05, 0) is 48.6 Å². The molecule has 0 saturated carbocycles. The SMILES string of the molecule is COC(=O)c1cccc(NC(=S)Nc2cccc(C(F)(F)F)c2)c1. The van der Waals surface area contributed by atoms with Crippen LogP contribution in [-0.2, 0) is 10.9 Å². The Bertz CT molecular complexity index is 763. The minimum Gasteiger partial charge on any atom is -0.465 e. The monoisotopic (exact) mass is 354 g/mol. The maximum Gasteiger partial charge on any atom is 0.416 e. The standard InChI is InChI=1S/C16H13F3N2O2S/c1-23-14(22)10-4-2-6-12(8-10)20-15(24)21-13-7-3-5-11(9-13)16(17,18)19/h2-9H,1H3,(H2,20,21,24). The highest BCUT2D eigenvalue weighted by Crippen LogP contribution is 2.30. The molecule has 0 aliphatic carbocycles. The maximum atomic E-state index is 12.7. The molecule has 24 heavy (non-hydrogen) atoms. The van der Waals surface area contributed by atoms with Crippen LogP contribution in [0.4, 0.5) is 24.5 Å². The lowest BCUT2D eigenvalue weighted by Gasteiger charge is -2.13. The van der Waals surface area contributed by atoms with Gasteiger partial charge in [-0.3, -0.25) is 0 Å². The van der Waals surface area contributed by atoms with Crippen molar-refractivity contribution in [1.82, 2.24) is 0 Å². The van der Waals surface area contributed by atoms with Gasteiger partial charge in [0.15, 0.2) is 5.11 Å². The molecule has 0 bridgehead atoms. The van der Waals surface area contributed by atoms with E-state index in [9.17, 15) is 18.0 Å². The molecule has 2 aromatic carbocycles. The van der Waals surface area contributed by atoms with Crippen LogP contribution in [0.15, 0.2) is 48.5 Å². The van der Waals surface area contributed by atoms with Crippen molar-refractivity contribution in [2.24, 2.45) is 0 Å². The summed E-state index contributed by atoms with van der Waals surface area (Å²) in [5.74, 6) is -0.504. The van der Waals surface area contributed by atoms with Crippen molar-refractivity contribution in [3.8, 4) is 0 Å². The van der Waals surface area contributed by atoms with Crippen molar-refractivity contribution in [2.75, 3.05) is 17.7 Å². The van der Waals surface area contributed by atoms with E-state index in [-0.39, 0.29) is 10.8 Å². The predicted octanol–water partition coefficient (Wildman–Crippen LogP) is 4.30. The highest BCUT2D eigenvalue weighted by Gasteiger charge is 2.30. The molecule has 2 rings (SSSR count). The first-order chi connectivity index (χ1) is 11.3. The van der Waals surface area contributed by atoms with E-state index in [2.05, 4.69) is 15.4 Å². The number of methoxy groups -OCH3 is 1. The molecule has 0 amide bonds. The van der Waals surface area contributed by atoms with Gasteiger partial charge in [0.2, 0.25) is 0 Å². The Labute approximate surface area is 141 Å². The van der Waals surface area contributed by atoms with E-state index in [0.717, 1.165) is 12.1 Å². The summed E-state index contributed by atoms with van der Waals surface area (Å²) in [5.41, 5.74) is 0.251. The highest BCUT2D eigenvalue weighted by atomic mass is 32.1. The second kappa shape index (κ2) is 7.31. The van der Waals surface area contributed by atoms with Gasteiger partial charge in [0.1, 0.15) is 0 Å². The minimum absolute atomic E-state index is 0.0938. The zero-order chi connectivity index (χ0) is 17.7. The highest BCUT2D eigenvalue weighted by molar-refractivity contribution is 7.80. The molecular weight excluding hydrogens is 341 g/mol. The molecule has 0 heterocycles. The Morgan fingerprint density at radius 3 is 2.21 bits per heavy atom. The molecule has 8 heteroatoms. The first kappa shape index (κ1) is 17.7. The molecule has 0 aliphatic rings. The number of hydrogen-bond acceptors (Lipinski definition) is 3. The second-order valence-electron chi connectivity index (χ2n) is 4.73. The molecule has 0 radical (unpaired) electrons. The van der Waals surface area contributed by atoms with Gasteiger partial charge in [-0.2, -0.15) is 13.2 Å². The lowest BCUT2D eigenvalue weighted by atomic mass is 10.2. The van der Waals surface area contributed by atoms with E-state index in [1.54, 1.807) is 18.2 Å². The van der Waals surface area contributed by atoms with Gasteiger partial charge in [0.05, 0.1) is 18.2 Å². The number of esters is 1. The quantitative estimate of drug-likeness (QED) is 0.636. The summed E-state index contributed by atoms with van der Waals surface area (Å²) in [6.45, 7) is 0. The van der Waals surface area contributed by atoms with Crippen LogP contribution < -0.4 is 10.6 Å². The van der Waals surface area contributed by atoms with Crippen LogP contribution in [-0.4, -0.2) is 18.2 Å². The molecule has 0 unspecified atom stereocenters. The van der Waals surface area contributed by atoms with Crippen LogP contribution >= 0.6 is 12.2 Å². The summed E-state index contributed by atoms with van der Waals surface area (Å²) in [6.07, 6.45) is -4.43. The second-order valence-corrected chi connectivity index (χ2v) is 5.14. The van der Waals surface area contributed by atoms with E-state index >= 15 is 0 Å². The first-order valence-corrected chi connectivity index (χ1v) is 7.14. The number of alkyl halides is 3. The molecule has 0 atom stereocenters. The third-order valence-corrected chi connectivity index (χ3v) is 3.19. The Morgan fingerprint density at radius 1 is 1.04 bits per heavy atom. The Kier molecular flexibility index (Phi) is 5.40. The number of rotatable bonds is 3. The van der Waals surface area contributed by atoms with Gasteiger partial charge < -0.3 is 15.4 Å². The third-order valence-electron chi connectivity index (χ3n) is 2.99. The summed E-state index contributed by atoms with van der Waals surface area (Å²) in [5, 5.41) is 5.56. The number of hydrogen-bond donors (Lipinski definition) is 2. The Hall–Kier alpha value is -2.61. The zero-order valence-electron chi connectivity index (χ0n) is 12.5. The number of carbonyl (C=O) groups excluding carboxylic acids is 1. The maximum absolute atomic E-state index is 12.7. The number of nitrogens with one attached hydrogen (secondary N) is 2. The summed E-state index contributed by atoms with van der Waals surface area (Å²) in [6, 6.07) is 11.1. The Balaban J connectivity index is 2.08. The topological polar surface area (TPSA) is 50.4 Å². The Morgan fingerprint density at radius 2 is 1.62 bits per heavy atom. The lowest BCUT2D eigenvalue weighted by Crippen LogP contribution is -2.19. The summed E-state index contributed by atoms with van der Waals surface area (Å²) in [4.78, 5) is 11.5. The van der Waals surface area contributed by atoms with Gasteiger partial charge >= 0.3 is 12.1 Å².